The Labute approximate surface area is 205 Å². The molecule has 1 atom stereocenters. The van der Waals surface area contributed by atoms with E-state index < -0.39 is 0 Å². The second kappa shape index (κ2) is 12.1. The topological polar surface area (TPSA) is 76.7 Å². The number of amides is 2. The van der Waals surface area contributed by atoms with E-state index in [1.807, 2.05) is 67.6 Å². The summed E-state index contributed by atoms with van der Waals surface area (Å²) in [5, 5.41) is 6.49. The molecule has 7 heteroatoms. The monoisotopic (exact) mass is 480 g/mol. The Kier molecular flexibility index (Phi) is 8.93. The summed E-state index contributed by atoms with van der Waals surface area (Å²) in [6.07, 6.45) is 0.786. The summed E-state index contributed by atoms with van der Waals surface area (Å²) in [7, 11) is 2.96. The minimum atomic E-state index is -0.345. The van der Waals surface area contributed by atoms with Gasteiger partial charge in [-0.15, -0.1) is 0 Å². The Morgan fingerprint density at radius 3 is 2.41 bits per heavy atom. The van der Waals surface area contributed by atoms with E-state index in [0.29, 0.717) is 23.7 Å². The summed E-state index contributed by atoms with van der Waals surface area (Å²) in [5.41, 5.74) is 4.37. The minimum absolute atomic E-state index is 0.112. The van der Waals surface area contributed by atoms with Crippen molar-refractivity contribution < 1.29 is 19.1 Å². The zero-order chi connectivity index (χ0) is 24.5. The summed E-state index contributed by atoms with van der Waals surface area (Å²) in [4.78, 5) is 24.5. The standard InChI is InChI=1S/C27H29ClN2O4/c1-4-25(30-27(32)29-17-18-8-6-5-7-9-18)23-11-10-22(33-2)16-24(23)20-12-19(13-21(28)15-20)14-26(31)34-3/h5-13,15-16,25H,4,14,17H2,1-3H3,(H2,29,30,32). The highest BCUT2D eigenvalue weighted by Gasteiger charge is 2.19. The van der Waals surface area contributed by atoms with Crippen molar-refractivity contribution in [1.82, 2.24) is 10.6 Å². The second-order valence-corrected chi connectivity index (χ2v) is 8.26. The van der Waals surface area contributed by atoms with Crippen LogP contribution in [0.4, 0.5) is 4.79 Å². The van der Waals surface area contributed by atoms with Gasteiger partial charge in [0.25, 0.3) is 0 Å². The lowest BCUT2D eigenvalue weighted by Crippen LogP contribution is -2.37. The van der Waals surface area contributed by atoms with Gasteiger partial charge in [0.15, 0.2) is 0 Å². The van der Waals surface area contributed by atoms with Crippen molar-refractivity contribution in [2.75, 3.05) is 14.2 Å². The van der Waals surface area contributed by atoms with Crippen LogP contribution in [0.3, 0.4) is 0 Å². The second-order valence-electron chi connectivity index (χ2n) is 7.83. The number of ether oxygens (including phenoxy) is 2. The predicted molar refractivity (Wildman–Crippen MR) is 134 cm³/mol. The molecule has 0 fully saturated rings. The van der Waals surface area contributed by atoms with Crippen molar-refractivity contribution in [2.24, 2.45) is 0 Å². The Morgan fingerprint density at radius 2 is 1.74 bits per heavy atom. The number of carbonyl (C=O) groups excluding carboxylic acids is 2. The van der Waals surface area contributed by atoms with E-state index in [1.54, 1.807) is 13.2 Å². The molecule has 3 aromatic rings. The van der Waals surface area contributed by atoms with Gasteiger partial charge in [-0.25, -0.2) is 4.79 Å². The van der Waals surface area contributed by atoms with Crippen LogP contribution in [0.15, 0.2) is 66.7 Å². The Morgan fingerprint density at radius 1 is 0.971 bits per heavy atom. The third-order valence-electron chi connectivity index (χ3n) is 5.49. The van der Waals surface area contributed by atoms with E-state index in [0.717, 1.165) is 27.8 Å². The highest BCUT2D eigenvalue weighted by molar-refractivity contribution is 6.31. The van der Waals surface area contributed by atoms with E-state index in [2.05, 4.69) is 10.6 Å². The summed E-state index contributed by atoms with van der Waals surface area (Å²) in [6.45, 7) is 2.45. The lowest BCUT2D eigenvalue weighted by Gasteiger charge is -2.22. The van der Waals surface area contributed by atoms with Crippen LogP contribution in [0, 0.1) is 0 Å². The molecular formula is C27H29ClN2O4. The molecule has 0 saturated heterocycles. The van der Waals surface area contributed by atoms with Gasteiger partial charge in [-0.05, 0) is 58.5 Å². The fourth-order valence-electron chi connectivity index (χ4n) is 3.75. The van der Waals surface area contributed by atoms with E-state index >= 15 is 0 Å². The normalized spacial score (nSPS) is 11.4. The number of rotatable bonds is 9. The molecule has 0 spiro atoms. The lowest BCUT2D eigenvalue weighted by molar-refractivity contribution is -0.139. The minimum Gasteiger partial charge on any atom is -0.497 e. The van der Waals surface area contributed by atoms with E-state index in [1.165, 1.54) is 7.11 Å². The van der Waals surface area contributed by atoms with Crippen LogP contribution in [-0.2, 0) is 22.5 Å². The summed E-state index contributed by atoms with van der Waals surface area (Å²) < 4.78 is 10.2. The number of benzene rings is 3. The highest BCUT2D eigenvalue weighted by atomic mass is 35.5. The first-order valence-electron chi connectivity index (χ1n) is 11.1. The van der Waals surface area contributed by atoms with Crippen molar-refractivity contribution in [3.8, 4) is 16.9 Å². The molecule has 2 N–H and O–H groups in total. The van der Waals surface area contributed by atoms with Gasteiger partial charge in [0.05, 0.1) is 26.7 Å². The highest BCUT2D eigenvalue weighted by Crippen LogP contribution is 2.35. The van der Waals surface area contributed by atoms with Crippen molar-refractivity contribution >= 4 is 23.6 Å². The molecule has 0 aliphatic rings. The first-order valence-corrected chi connectivity index (χ1v) is 11.4. The molecule has 6 nitrogen and oxygen atoms in total. The van der Waals surface area contributed by atoms with E-state index in [9.17, 15) is 9.59 Å². The average Bonchev–Trinajstić information content (AvgIpc) is 2.86. The third kappa shape index (κ3) is 6.75. The fraction of sp³-hybridized carbons (Fsp3) is 0.259. The van der Waals surface area contributed by atoms with Gasteiger partial charge in [-0.3, -0.25) is 4.79 Å². The number of halogens is 1. The van der Waals surface area contributed by atoms with E-state index in [4.69, 9.17) is 21.1 Å². The van der Waals surface area contributed by atoms with Crippen LogP contribution < -0.4 is 15.4 Å². The Hall–Kier alpha value is -3.51. The van der Waals surface area contributed by atoms with Gasteiger partial charge in [0.2, 0.25) is 0 Å². The van der Waals surface area contributed by atoms with Crippen LogP contribution in [0.5, 0.6) is 5.75 Å². The number of hydrogen-bond donors (Lipinski definition) is 2. The molecule has 34 heavy (non-hydrogen) atoms. The summed E-state index contributed by atoms with van der Waals surface area (Å²) >= 11 is 6.39. The molecule has 0 heterocycles. The Balaban J connectivity index is 1.89. The molecule has 0 saturated carbocycles. The first kappa shape index (κ1) is 25.1. The smallest absolute Gasteiger partial charge is 0.315 e. The van der Waals surface area contributed by atoms with Crippen molar-refractivity contribution in [3.05, 3.63) is 88.4 Å². The van der Waals surface area contributed by atoms with Gasteiger partial charge in [0.1, 0.15) is 5.75 Å². The Bertz CT molecular complexity index is 1130. The van der Waals surface area contributed by atoms with Gasteiger partial charge < -0.3 is 20.1 Å². The molecule has 178 valence electrons. The number of hydrogen-bond acceptors (Lipinski definition) is 4. The van der Waals surface area contributed by atoms with Crippen LogP contribution in [0.1, 0.15) is 36.1 Å². The van der Waals surface area contributed by atoms with Crippen LogP contribution in [0.2, 0.25) is 5.02 Å². The number of nitrogens with one attached hydrogen (secondary N) is 2. The summed E-state index contributed by atoms with van der Waals surface area (Å²) in [5.74, 6) is 0.332. The van der Waals surface area contributed by atoms with Crippen LogP contribution in [0.25, 0.3) is 11.1 Å². The van der Waals surface area contributed by atoms with Gasteiger partial charge in [-0.1, -0.05) is 61.0 Å². The van der Waals surface area contributed by atoms with Crippen molar-refractivity contribution in [2.45, 2.75) is 32.4 Å². The zero-order valence-electron chi connectivity index (χ0n) is 19.6. The van der Waals surface area contributed by atoms with E-state index in [-0.39, 0.29) is 24.5 Å². The predicted octanol–water partition coefficient (Wildman–Crippen LogP) is 5.68. The quantitative estimate of drug-likeness (QED) is 0.386. The molecule has 0 radical (unpaired) electrons. The van der Waals surface area contributed by atoms with Gasteiger partial charge >= 0.3 is 12.0 Å². The van der Waals surface area contributed by atoms with Crippen LogP contribution in [-0.4, -0.2) is 26.2 Å². The van der Waals surface area contributed by atoms with Crippen molar-refractivity contribution in [3.63, 3.8) is 0 Å². The maximum absolute atomic E-state index is 12.7. The number of methoxy groups -OCH3 is 2. The third-order valence-corrected chi connectivity index (χ3v) is 5.71. The van der Waals surface area contributed by atoms with Crippen LogP contribution >= 0.6 is 11.6 Å². The van der Waals surface area contributed by atoms with Crippen molar-refractivity contribution in [1.29, 1.82) is 0 Å². The maximum Gasteiger partial charge on any atom is 0.315 e. The number of carbonyl (C=O) groups is 2. The zero-order valence-corrected chi connectivity index (χ0v) is 20.3. The molecular weight excluding hydrogens is 452 g/mol. The molecule has 1 unspecified atom stereocenters. The molecule has 0 aliphatic carbocycles. The molecule has 2 amide bonds. The largest absolute Gasteiger partial charge is 0.497 e. The SMILES string of the molecule is CCC(NC(=O)NCc1ccccc1)c1ccc(OC)cc1-c1cc(Cl)cc(CC(=O)OC)c1. The first-order chi connectivity index (χ1) is 16.4. The number of urea groups is 1. The molecule has 0 aromatic heterocycles. The lowest BCUT2D eigenvalue weighted by atomic mass is 9.92. The summed E-state index contributed by atoms with van der Waals surface area (Å²) in [6, 6.07) is 20.4. The van der Waals surface area contributed by atoms with Gasteiger partial charge in [-0.2, -0.15) is 0 Å². The number of esters is 1. The van der Waals surface area contributed by atoms with Gasteiger partial charge in [0, 0.05) is 11.6 Å². The molecule has 3 rings (SSSR count). The fourth-order valence-corrected chi connectivity index (χ4v) is 4.01. The molecule has 3 aromatic carbocycles. The average molecular weight is 481 g/mol. The maximum atomic E-state index is 12.7. The molecule has 0 aliphatic heterocycles. The molecule has 0 bridgehead atoms.